The number of rotatable bonds is 11. The predicted octanol–water partition coefficient (Wildman–Crippen LogP) is 3.66. The number of carbonyl (C=O) groups excluding carboxylic acids is 2. The highest BCUT2D eigenvalue weighted by Crippen LogP contribution is 2.21. The van der Waals surface area contributed by atoms with Crippen molar-refractivity contribution in [1.29, 1.82) is 0 Å². The van der Waals surface area contributed by atoms with Crippen molar-refractivity contribution in [3.63, 3.8) is 0 Å². The van der Waals surface area contributed by atoms with Gasteiger partial charge in [-0.05, 0) is 56.9 Å². The zero-order valence-corrected chi connectivity index (χ0v) is 21.9. The molecule has 7 nitrogen and oxygen atoms in total. The van der Waals surface area contributed by atoms with Crippen molar-refractivity contribution in [3.05, 3.63) is 65.2 Å². The van der Waals surface area contributed by atoms with Crippen LogP contribution in [0, 0.1) is 6.92 Å². The zero-order valence-electron chi connectivity index (χ0n) is 21.0. The number of aryl methyl sites for hydroxylation is 2. The van der Waals surface area contributed by atoms with Crippen LogP contribution in [0.3, 0.4) is 0 Å². The summed E-state index contributed by atoms with van der Waals surface area (Å²) >= 11 is 0. The molecule has 0 fully saturated rings. The van der Waals surface area contributed by atoms with Crippen LogP contribution in [0.15, 0.2) is 48.5 Å². The lowest BCUT2D eigenvalue weighted by molar-refractivity contribution is -0.140. The van der Waals surface area contributed by atoms with Crippen molar-refractivity contribution >= 4 is 27.5 Å². The fourth-order valence-corrected chi connectivity index (χ4v) is 4.55. The van der Waals surface area contributed by atoms with Crippen LogP contribution in [0.25, 0.3) is 0 Å². The molecule has 0 unspecified atom stereocenters. The molecule has 186 valence electrons. The van der Waals surface area contributed by atoms with Crippen molar-refractivity contribution < 1.29 is 18.0 Å². The summed E-state index contributed by atoms with van der Waals surface area (Å²) in [6.45, 7) is 9.38. The predicted molar refractivity (Wildman–Crippen MR) is 137 cm³/mol. The molecule has 8 heteroatoms. The number of anilines is 1. The second-order valence-corrected chi connectivity index (χ2v) is 10.8. The number of hydrogen-bond acceptors (Lipinski definition) is 4. The summed E-state index contributed by atoms with van der Waals surface area (Å²) < 4.78 is 26.4. The van der Waals surface area contributed by atoms with E-state index in [4.69, 9.17) is 0 Å². The standard InChI is InChI=1S/C26H37N3O4S/c1-7-21-13-15-23(16-14-21)29(34(6,32)33)18-25(30)28(17-22-11-9-20(5)10-12-22)24(8-2)26(31)27-19(3)4/h9-16,19,24H,7-8,17-18H2,1-6H3,(H,27,31)/t24-/m1/s1. The topological polar surface area (TPSA) is 86.8 Å². The molecule has 0 aliphatic carbocycles. The first-order valence-corrected chi connectivity index (χ1v) is 13.5. The molecule has 1 N–H and O–H groups in total. The molecule has 34 heavy (non-hydrogen) atoms. The lowest BCUT2D eigenvalue weighted by Gasteiger charge is -2.33. The maximum Gasteiger partial charge on any atom is 0.244 e. The van der Waals surface area contributed by atoms with Crippen molar-refractivity contribution in [2.45, 2.75) is 66.1 Å². The van der Waals surface area contributed by atoms with Gasteiger partial charge < -0.3 is 10.2 Å². The van der Waals surface area contributed by atoms with Crippen LogP contribution >= 0.6 is 0 Å². The van der Waals surface area contributed by atoms with Crippen molar-refractivity contribution in [1.82, 2.24) is 10.2 Å². The summed E-state index contributed by atoms with van der Waals surface area (Å²) in [5.41, 5.74) is 3.45. The Morgan fingerprint density at radius 3 is 1.97 bits per heavy atom. The average molecular weight is 488 g/mol. The van der Waals surface area contributed by atoms with Crippen LogP contribution < -0.4 is 9.62 Å². The Kier molecular flexibility index (Phi) is 9.67. The van der Waals surface area contributed by atoms with Crippen LogP contribution in [0.4, 0.5) is 5.69 Å². The van der Waals surface area contributed by atoms with E-state index in [1.165, 1.54) is 4.90 Å². The molecule has 2 aromatic carbocycles. The van der Waals surface area contributed by atoms with Gasteiger partial charge in [-0.25, -0.2) is 8.42 Å². The summed E-state index contributed by atoms with van der Waals surface area (Å²) in [5.74, 6) is -0.688. The van der Waals surface area contributed by atoms with Crippen molar-refractivity contribution in [2.75, 3.05) is 17.1 Å². The third-order valence-electron chi connectivity index (χ3n) is 5.60. The number of carbonyl (C=O) groups is 2. The molecule has 0 saturated heterocycles. The smallest absolute Gasteiger partial charge is 0.244 e. The number of hydrogen-bond donors (Lipinski definition) is 1. The quantitative estimate of drug-likeness (QED) is 0.524. The number of benzene rings is 2. The van der Waals surface area contributed by atoms with Gasteiger partial charge >= 0.3 is 0 Å². The maximum atomic E-state index is 13.6. The second-order valence-electron chi connectivity index (χ2n) is 8.88. The molecule has 2 aromatic rings. The van der Waals surface area contributed by atoms with Crippen LogP contribution in [-0.2, 0) is 32.6 Å². The van der Waals surface area contributed by atoms with E-state index in [-0.39, 0.29) is 25.0 Å². The summed E-state index contributed by atoms with van der Waals surface area (Å²) in [6, 6.07) is 14.1. The molecule has 0 radical (unpaired) electrons. The van der Waals surface area contributed by atoms with Gasteiger partial charge in [-0.15, -0.1) is 0 Å². The van der Waals surface area contributed by atoms with Gasteiger partial charge in [0.15, 0.2) is 0 Å². The maximum absolute atomic E-state index is 13.6. The minimum atomic E-state index is -3.73. The van der Waals surface area contributed by atoms with E-state index in [0.29, 0.717) is 12.1 Å². The van der Waals surface area contributed by atoms with Gasteiger partial charge in [0.05, 0.1) is 11.9 Å². The van der Waals surface area contributed by atoms with E-state index in [1.807, 2.05) is 71.0 Å². The second kappa shape index (κ2) is 12.0. The highest BCUT2D eigenvalue weighted by atomic mass is 32.2. The highest BCUT2D eigenvalue weighted by molar-refractivity contribution is 7.92. The fraction of sp³-hybridized carbons (Fsp3) is 0.462. The third kappa shape index (κ3) is 7.58. The molecular weight excluding hydrogens is 450 g/mol. The lowest BCUT2D eigenvalue weighted by Crippen LogP contribution is -2.53. The first kappa shape index (κ1) is 27.4. The van der Waals surface area contributed by atoms with Gasteiger partial charge in [-0.3, -0.25) is 13.9 Å². The Labute approximate surface area is 204 Å². The first-order chi connectivity index (χ1) is 16.0. The van der Waals surface area contributed by atoms with Gasteiger partial charge in [0, 0.05) is 12.6 Å². The number of sulfonamides is 1. The molecule has 0 bridgehead atoms. The molecule has 0 aliphatic rings. The number of nitrogens with one attached hydrogen (secondary N) is 1. The largest absolute Gasteiger partial charge is 0.352 e. The minimum absolute atomic E-state index is 0.0810. The molecule has 0 heterocycles. The monoisotopic (exact) mass is 487 g/mol. The van der Waals surface area contributed by atoms with Gasteiger partial charge in [-0.2, -0.15) is 0 Å². The van der Waals surface area contributed by atoms with Crippen LogP contribution in [0.5, 0.6) is 0 Å². The Morgan fingerprint density at radius 2 is 1.50 bits per heavy atom. The number of amides is 2. The summed E-state index contributed by atoms with van der Waals surface area (Å²) in [6.07, 6.45) is 2.31. The van der Waals surface area contributed by atoms with Crippen molar-refractivity contribution in [2.24, 2.45) is 0 Å². The summed E-state index contributed by atoms with van der Waals surface area (Å²) in [7, 11) is -3.73. The number of nitrogens with zero attached hydrogens (tertiary/aromatic N) is 2. The van der Waals surface area contributed by atoms with Gasteiger partial charge in [0.1, 0.15) is 12.6 Å². The van der Waals surface area contributed by atoms with Crippen LogP contribution in [0.2, 0.25) is 0 Å². The highest BCUT2D eigenvalue weighted by Gasteiger charge is 2.31. The van der Waals surface area contributed by atoms with E-state index < -0.39 is 22.0 Å². The molecule has 0 aliphatic heterocycles. The van der Waals surface area contributed by atoms with E-state index in [9.17, 15) is 18.0 Å². The average Bonchev–Trinajstić information content (AvgIpc) is 2.77. The fourth-order valence-electron chi connectivity index (χ4n) is 3.70. The van der Waals surface area contributed by atoms with Gasteiger partial charge in [0.2, 0.25) is 21.8 Å². The molecule has 2 amide bonds. The Balaban J connectivity index is 2.42. The molecule has 0 saturated carbocycles. The third-order valence-corrected chi connectivity index (χ3v) is 6.74. The molecule has 1 atom stereocenters. The molecule has 0 spiro atoms. The SMILES string of the molecule is CCc1ccc(N(CC(=O)N(Cc2ccc(C)cc2)[C@H](CC)C(=O)NC(C)C)S(C)(=O)=O)cc1. The van der Waals surface area contributed by atoms with Gasteiger partial charge in [-0.1, -0.05) is 55.8 Å². The zero-order chi connectivity index (χ0) is 25.5. The Bertz CT molecular complexity index is 1060. The minimum Gasteiger partial charge on any atom is -0.352 e. The normalized spacial score (nSPS) is 12.3. The van der Waals surface area contributed by atoms with Crippen LogP contribution in [-0.4, -0.2) is 50.0 Å². The molecular formula is C26H37N3O4S. The molecule has 2 rings (SSSR count). The Hall–Kier alpha value is -2.87. The van der Waals surface area contributed by atoms with E-state index >= 15 is 0 Å². The first-order valence-electron chi connectivity index (χ1n) is 11.7. The van der Waals surface area contributed by atoms with E-state index in [2.05, 4.69) is 5.32 Å². The Morgan fingerprint density at radius 1 is 0.941 bits per heavy atom. The van der Waals surface area contributed by atoms with Gasteiger partial charge in [0.25, 0.3) is 0 Å². The van der Waals surface area contributed by atoms with Crippen molar-refractivity contribution in [3.8, 4) is 0 Å². The van der Waals surface area contributed by atoms with E-state index in [0.717, 1.165) is 33.7 Å². The van der Waals surface area contributed by atoms with Crippen LogP contribution in [0.1, 0.15) is 50.8 Å². The van der Waals surface area contributed by atoms with E-state index in [1.54, 1.807) is 12.1 Å². The molecule has 0 aromatic heterocycles. The summed E-state index contributed by atoms with van der Waals surface area (Å²) in [4.78, 5) is 28.0. The lowest BCUT2D eigenvalue weighted by atomic mass is 10.1. The summed E-state index contributed by atoms with van der Waals surface area (Å²) in [5, 5.41) is 2.89.